The predicted molar refractivity (Wildman–Crippen MR) is 128 cm³/mol. The Morgan fingerprint density at radius 2 is 1.81 bits per heavy atom. The molecule has 0 saturated carbocycles. The first-order valence-corrected chi connectivity index (χ1v) is 11.0. The van der Waals surface area contributed by atoms with E-state index in [1.165, 1.54) is 31.1 Å². The molecule has 0 spiro atoms. The monoisotopic (exact) mass is 498 g/mol. The number of fused-ring (bicyclic) bond motifs is 3. The van der Waals surface area contributed by atoms with E-state index >= 15 is 0 Å². The van der Waals surface area contributed by atoms with E-state index in [2.05, 4.69) is 5.32 Å². The molecule has 2 aliphatic rings. The molecule has 36 heavy (non-hydrogen) atoms. The normalized spacial score (nSPS) is 23.6. The number of carbonyl (C=O) groups is 4. The Balaban J connectivity index is 2.05. The number of nitrogens with one attached hydrogen (secondary N) is 1. The van der Waals surface area contributed by atoms with Crippen molar-refractivity contribution in [2.24, 2.45) is 17.4 Å². The standard InChI is InChI=1S/C24H26N4O8/c1-8-9-4-5-12(27-13(29)7-25)18(30)14(9)19(31)15-10(8)6-11-17(28(2)3)20(32)16(23(26)35)22(34)24(11,36)21(15)33/h4-5,11,17,30-31,34,36H,6-7,25H2,1-3H3,(H2,26,35)(H,27,29). The van der Waals surface area contributed by atoms with Gasteiger partial charge in [-0.05, 0) is 50.0 Å². The van der Waals surface area contributed by atoms with Crippen molar-refractivity contribution >= 4 is 39.8 Å². The van der Waals surface area contributed by atoms with Gasteiger partial charge in [-0.2, -0.15) is 0 Å². The lowest BCUT2D eigenvalue weighted by Crippen LogP contribution is -2.64. The first kappa shape index (κ1) is 25.1. The number of hydrogen-bond acceptors (Lipinski definition) is 10. The van der Waals surface area contributed by atoms with Crippen LogP contribution in [0.4, 0.5) is 5.69 Å². The summed E-state index contributed by atoms with van der Waals surface area (Å²) in [6.07, 6.45) is -0.135. The van der Waals surface area contributed by atoms with Crippen LogP contribution in [0.15, 0.2) is 23.5 Å². The average Bonchev–Trinajstić information content (AvgIpc) is 2.80. The molecular weight excluding hydrogens is 472 g/mol. The lowest BCUT2D eigenvalue weighted by Gasteiger charge is -2.47. The maximum absolute atomic E-state index is 13.8. The number of phenols is 2. The zero-order chi connectivity index (χ0) is 26.9. The molecule has 0 bridgehead atoms. The number of anilines is 1. The van der Waals surface area contributed by atoms with Crippen molar-refractivity contribution in [3.63, 3.8) is 0 Å². The number of Topliss-reactive ketones (excluding diaryl/α,β-unsaturated/α-hetero) is 2. The Labute approximate surface area is 204 Å². The number of nitrogens with zero attached hydrogens (tertiary/aromatic N) is 1. The van der Waals surface area contributed by atoms with Crippen LogP contribution in [0.2, 0.25) is 0 Å². The second-order valence-corrected chi connectivity index (χ2v) is 9.23. The van der Waals surface area contributed by atoms with E-state index in [-0.39, 0.29) is 24.0 Å². The molecule has 0 saturated heterocycles. The van der Waals surface area contributed by atoms with Crippen LogP contribution in [0, 0.1) is 12.8 Å². The number of primary amides is 1. The van der Waals surface area contributed by atoms with Crippen molar-refractivity contribution in [3.05, 3.63) is 40.2 Å². The number of phenolic OH excluding ortho intramolecular Hbond substituents is 2. The maximum Gasteiger partial charge on any atom is 0.255 e. The van der Waals surface area contributed by atoms with Crippen LogP contribution < -0.4 is 16.8 Å². The molecule has 0 aromatic heterocycles. The minimum absolute atomic E-state index is 0.0675. The van der Waals surface area contributed by atoms with Gasteiger partial charge >= 0.3 is 0 Å². The van der Waals surface area contributed by atoms with E-state index in [1.807, 2.05) is 0 Å². The summed E-state index contributed by atoms with van der Waals surface area (Å²) in [4.78, 5) is 52.1. The summed E-state index contributed by atoms with van der Waals surface area (Å²) in [6, 6.07) is 1.75. The molecule has 12 nitrogen and oxygen atoms in total. The van der Waals surface area contributed by atoms with Gasteiger partial charge in [-0.25, -0.2) is 0 Å². The predicted octanol–water partition coefficient (Wildman–Crippen LogP) is -0.647. The van der Waals surface area contributed by atoms with Gasteiger partial charge in [0.05, 0.1) is 29.2 Å². The van der Waals surface area contributed by atoms with Gasteiger partial charge in [-0.1, -0.05) is 6.07 Å². The number of aromatic hydroxyl groups is 2. The number of likely N-dealkylation sites (N-methyl/N-ethyl adjacent to an activating group) is 1. The summed E-state index contributed by atoms with van der Waals surface area (Å²) in [6.45, 7) is 1.27. The number of aliphatic hydroxyl groups is 2. The van der Waals surface area contributed by atoms with Crippen molar-refractivity contribution in [3.8, 4) is 11.5 Å². The molecule has 190 valence electrons. The number of aryl methyl sites for hydroxylation is 1. The molecule has 0 radical (unpaired) electrons. The molecule has 3 atom stereocenters. The largest absolute Gasteiger partial charge is 0.508 e. The third-order valence-electron chi connectivity index (χ3n) is 7.10. The van der Waals surface area contributed by atoms with Crippen molar-refractivity contribution in [2.75, 3.05) is 26.0 Å². The SMILES string of the molecule is Cc1c2c(c(O)c3c(O)c(NC(=O)CN)ccc13)C(=O)C1(O)C(O)=C(C(N)=O)C(=O)C(N(C)C)C1C2. The highest BCUT2D eigenvalue weighted by atomic mass is 16.3. The molecule has 2 amide bonds. The molecule has 2 aliphatic carbocycles. The van der Waals surface area contributed by atoms with Gasteiger partial charge in [-0.3, -0.25) is 24.1 Å². The molecule has 0 aliphatic heterocycles. The summed E-state index contributed by atoms with van der Waals surface area (Å²) in [5, 5.41) is 47.0. The number of hydrogen-bond donors (Lipinski definition) is 7. The number of rotatable bonds is 4. The lowest BCUT2D eigenvalue weighted by molar-refractivity contribution is -0.132. The minimum atomic E-state index is -2.75. The molecule has 2 aromatic rings. The number of nitrogens with two attached hydrogens (primary N) is 2. The number of benzene rings is 2. The fourth-order valence-electron chi connectivity index (χ4n) is 5.38. The zero-order valence-corrected chi connectivity index (χ0v) is 19.7. The Morgan fingerprint density at radius 3 is 2.36 bits per heavy atom. The van der Waals surface area contributed by atoms with Gasteiger partial charge in [0.1, 0.15) is 17.1 Å². The summed E-state index contributed by atoms with van der Waals surface area (Å²) in [5.74, 6) is -7.55. The van der Waals surface area contributed by atoms with Crippen molar-refractivity contribution in [1.82, 2.24) is 4.90 Å². The molecule has 0 heterocycles. The van der Waals surface area contributed by atoms with Crippen LogP contribution in [0.1, 0.15) is 21.5 Å². The fraction of sp³-hybridized carbons (Fsp3) is 0.333. The minimum Gasteiger partial charge on any atom is -0.508 e. The van der Waals surface area contributed by atoms with E-state index in [4.69, 9.17) is 11.5 Å². The third kappa shape index (κ3) is 3.19. The van der Waals surface area contributed by atoms with Crippen molar-refractivity contribution in [2.45, 2.75) is 25.0 Å². The summed E-state index contributed by atoms with van der Waals surface area (Å²) in [7, 11) is 3.04. The van der Waals surface area contributed by atoms with Gasteiger partial charge in [0.2, 0.25) is 11.7 Å². The zero-order valence-electron chi connectivity index (χ0n) is 19.7. The van der Waals surface area contributed by atoms with Crippen LogP contribution in [0.5, 0.6) is 11.5 Å². The highest BCUT2D eigenvalue weighted by Gasteiger charge is 2.62. The number of ketones is 2. The van der Waals surface area contributed by atoms with Crippen LogP contribution in [-0.4, -0.2) is 81.0 Å². The Bertz CT molecular complexity index is 1410. The highest BCUT2D eigenvalue weighted by Crippen LogP contribution is 2.51. The Morgan fingerprint density at radius 1 is 1.17 bits per heavy atom. The first-order valence-electron chi connectivity index (χ1n) is 11.0. The molecule has 9 N–H and O–H groups in total. The van der Waals surface area contributed by atoms with E-state index in [1.54, 1.807) is 6.92 Å². The molecular formula is C24H26N4O8. The fourth-order valence-corrected chi connectivity index (χ4v) is 5.38. The van der Waals surface area contributed by atoms with Gasteiger partial charge < -0.3 is 37.2 Å². The van der Waals surface area contributed by atoms with E-state index < -0.39 is 69.3 Å². The van der Waals surface area contributed by atoms with E-state index in [0.29, 0.717) is 16.5 Å². The topological polar surface area (TPSA) is 217 Å². The Kier molecular flexibility index (Phi) is 5.78. The van der Waals surface area contributed by atoms with Gasteiger partial charge in [-0.15, -0.1) is 0 Å². The smallest absolute Gasteiger partial charge is 0.255 e. The number of aliphatic hydroxyl groups excluding tert-OH is 1. The van der Waals surface area contributed by atoms with Crippen LogP contribution in [-0.2, 0) is 20.8 Å². The lowest BCUT2D eigenvalue weighted by atomic mass is 9.61. The van der Waals surface area contributed by atoms with Crippen LogP contribution >= 0.6 is 0 Å². The van der Waals surface area contributed by atoms with E-state index in [0.717, 1.165) is 0 Å². The Hall–Kier alpha value is -4.00. The molecule has 3 unspecified atom stereocenters. The average molecular weight is 498 g/mol. The van der Waals surface area contributed by atoms with Gasteiger partial charge in [0.15, 0.2) is 17.1 Å². The van der Waals surface area contributed by atoms with Crippen molar-refractivity contribution < 1.29 is 39.6 Å². The number of amides is 2. The second-order valence-electron chi connectivity index (χ2n) is 9.23. The van der Waals surface area contributed by atoms with Crippen LogP contribution in [0.25, 0.3) is 10.8 Å². The molecule has 2 aromatic carbocycles. The van der Waals surface area contributed by atoms with Gasteiger partial charge in [0, 0.05) is 5.92 Å². The highest BCUT2D eigenvalue weighted by molar-refractivity contribution is 6.25. The molecule has 0 fully saturated rings. The summed E-state index contributed by atoms with van der Waals surface area (Å²) < 4.78 is 0. The van der Waals surface area contributed by atoms with Crippen LogP contribution in [0.3, 0.4) is 0 Å². The molecule has 12 heteroatoms. The van der Waals surface area contributed by atoms with E-state index in [9.17, 15) is 39.6 Å². The second kappa shape index (κ2) is 8.29. The van der Waals surface area contributed by atoms with Gasteiger partial charge in [0.25, 0.3) is 5.91 Å². The maximum atomic E-state index is 13.8. The number of carbonyl (C=O) groups excluding carboxylic acids is 4. The summed E-state index contributed by atoms with van der Waals surface area (Å²) >= 11 is 0. The first-order chi connectivity index (χ1) is 16.8. The summed E-state index contributed by atoms with van der Waals surface area (Å²) in [5.41, 5.74) is 7.27. The quantitative estimate of drug-likeness (QED) is 0.209. The van der Waals surface area contributed by atoms with Crippen molar-refractivity contribution in [1.29, 1.82) is 0 Å². The molecule has 4 rings (SSSR count). The third-order valence-corrected chi connectivity index (χ3v) is 7.10.